The lowest BCUT2D eigenvalue weighted by Gasteiger charge is -2.08. The fourth-order valence-electron chi connectivity index (χ4n) is 2.77. The third-order valence-electron chi connectivity index (χ3n) is 4.35. The second kappa shape index (κ2) is 7.88. The number of carbonyl (C=O) groups is 1. The number of hydrogen-bond acceptors (Lipinski definition) is 5. The minimum atomic E-state index is -4.01. The van der Waals surface area contributed by atoms with Gasteiger partial charge in [0.25, 0.3) is 0 Å². The minimum absolute atomic E-state index is 0.207. The zero-order valence-corrected chi connectivity index (χ0v) is 16.1. The van der Waals surface area contributed by atoms with Gasteiger partial charge in [0.15, 0.2) is 11.5 Å². The van der Waals surface area contributed by atoms with E-state index in [-0.39, 0.29) is 12.2 Å². The van der Waals surface area contributed by atoms with Gasteiger partial charge in [-0.1, -0.05) is 67.6 Å². The van der Waals surface area contributed by atoms with Gasteiger partial charge in [-0.15, -0.1) is 0 Å². The first kappa shape index (κ1) is 19.0. The second-order valence-electron chi connectivity index (χ2n) is 6.29. The summed E-state index contributed by atoms with van der Waals surface area (Å²) in [5.74, 6) is 0.0359. The molecule has 3 aromatic rings. The number of Topliss-reactive ketones (excluding diaryl/α,β-unsaturated/α-hetero) is 1. The van der Waals surface area contributed by atoms with Crippen LogP contribution in [0.3, 0.4) is 0 Å². The largest absolute Gasteiger partial charge is 0.427 e. The highest BCUT2D eigenvalue weighted by Crippen LogP contribution is 2.34. The molecule has 0 radical (unpaired) electrons. The van der Waals surface area contributed by atoms with Crippen LogP contribution in [-0.2, 0) is 14.6 Å². The molecule has 0 bridgehead atoms. The molecule has 0 fully saturated rings. The van der Waals surface area contributed by atoms with Crippen molar-refractivity contribution in [2.75, 3.05) is 0 Å². The van der Waals surface area contributed by atoms with Gasteiger partial charge >= 0.3 is 5.22 Å². The van der Waals surface area contributed by atoms with Gasteiger partial charge in [0.1, 0.15) is 10.9 Å². The molecule has 6 heteroatoms. The molecule has 1 atom stereocenters. The molecule has 1 unspecified atom stereocenters. The van der Waals surface area contributed by atoms with E-state index < -0.39 is 20.3 Å². The first-order chi connectivity index (χ1) is 12.9. The third kappa shape index (κ3) is 3.85. The first-order valence-electron chi connectivity index (χ1n) is 8.83. The van der Waals surface area contributed by atoms with Crippen LogP contribution in [0.25, 0.3) is 22.6 Å². The standard InChI is InChI=1S/C21H21NO4S/c1-3-10-18(23)15(2)27(24,25)21-22-19(16-11-6-4-7-12-16)20(26-21)17-13-8-5-9-14-17/h4-9,11-15H,3,10H2,1-2H3. The summed E-state index contributed by atoms with van der Waals surface area (Å²) >= 11 is 0. The van der Waals surface area contributed by atoms with Gasteiger partial charge in [0.2, 0.25) is 9.84 Å². The van der Waals surface area contributed by atoms with E-state index in [4.69, 9.17) is 4.42 Å². The molecule has 0 spiro atoms. The van der Waals surface area contributed by atoms with Crippen molar-refractivity contribution in [3.8, 4) is 22.6 Å². The molecule has 0 saturated heterocycles. The van der Waals surface area contributed by atoms with E-state index in [1.807, 2.05) is 67.6 Å². The number of sulfone groups is 1. The Morgan fingerprint density at radius 3 is 2.11 bits per heavy atom. The Morgan fingerprint density at radius 2 is 1.56 bits per heavy atom. The van der Waals surface area contributed by atoms with Gasteiger partial charge in [-0.25, -0.2) is 8.42 Å². The van der Waals surface area contributed by atoms with Gasteiger partial charge in [-0.3, -0.25) is 4.79 Å². The van der Waals surface area contributed by atoms with Crippen LogP contribution in [0.2, 0.25) is 0 Å². The summed E-state index contributed by atoms with van der Waals surface area (Å²) in [6.45, 7) is 3.23. The van der Waals surface area contributed by atoms with E-state index in [1.54, 1.807) is 0 Å². The lowest BCUT2D eigenvalue weighted by Crippen LogP contribution is -2.27. The highest BCUT2D eigenvalue weighted by molar-refractivity contribution is 7.92. The van der Waals surface area contributed by atoms with Gasteiger partial charge in [-0.2, -0.15) is 4.98 Å². The summed E-state index contributed by atoms with van der Waals surface area (Å²) < 4.78 is 31.5. The number of nitrogens with zero attached hydrogens (tertiary/aromatic N) is 1. The van der Waals surface area contributed by atoms with Crippen molar-refractivity contribution >= 4 is 15.6 Å². The average molecular weight is 383 g/mol. The zero-order valence-electron chi connectivity index (χ0n) is 15.3. The fraction of sp³-hybridized carbons (Fsp3) is 0.238. The molecular weight excluding hydrogens is 362 g/mol. The number of hydrogen-bond donors (Lipinski definition) is 0. The monoisotopic (exact) mass is 383 g/mol. The number of aromatic nitrogens is 1. The van der Waals surface area contributed by atoms with Crippen molar-refractivity contribution in [1.29, 1.82) is 0 Å². The number of oxazole rings is 1. The van der Waals surface area contributed by atoms with E-state index in [2.05, 4.69) is 4.98 Å². The summed E-state index contributed by atoms with van der Waals surface area (Å²) in [7, 11) is -4.01. The molecule has 3 rings (SSSR count). The molecule has 1 heterocycles. The van der Waals surface area contributed by atoms with E-state index in [1.165, 1.54) is 6.92 Å². The predicted octanol–water partition coefficient (Wildman–Crippen LogP) is 4.54. The Morgan fingerprint density at radius 1 is 1.00 bits per heavy atom. The van der Waals surface area contributed by atoms with E-state index in [9.17, 15) is 13.2 Å². The van der Waals surface area contributed by atoms with Crippen LogP contribution in [0.5, 0.6) is 0 Å². The molecule has 140 valence electrons. The molecule has 0 aliphatic rings. The summed E-state index contributed by atoms with van der Waals surface area (Å²) in [5, 5.41) is -1.61. The Bertz CT molecular complexity index is 968. The van der Waals surface area contributed by atoms with Crippen LogP contribution >= 0.6 is 0 Å². The van der Waals surface area contributed by atoms with E-state index in [0.717, 1.165) is 11.1 Å². The highest BCUT2D eigenvalue weighted by atomic mass is 32.2. The molecule has 1 aromatic heterocycles. The maximum absolute atomic E-state index is 12.9. The maximum Gasteiger partial charge on any atom is 0.316 e. The van der Waals surface area contributed by atoms with Crippen LogP contribution in [0.4, 0.5) is 0 Å². The molecule has 0 amide bonds. The lowest BCUT2D eigenvalue weighted by atomic mass is 10.1. The molecule has 5 nitrogen and oxygen atoms in total. The second-order valence-corrected chi connectivity index (χ2v) is 8.44. The lowest BCUT2D eigenvalue weighted by molar-refractivity contribution is -0.118. The van der Waals surface area contributed by atoms with Crippen LogP contribution in [0.1, 0.15) is 26.7 Å². The van der Waals surface area contributed by atoms with Gasteiger partial charge < -0.3 is 4.42 Å². The number of rotatable bonds is 7. The Labute approximate surface area is 159 Å². The maximum atomic E-state index is 12.9. The Hall–Kier alpha value is -2.73. The number of ketones is 1. The third-order valence-corrected chi connectivity index (χ3v) is 6.20. The molecule has 27 heavy (non-hydrogen) atoms. The summed E-state index contributed by atoms with van der Waals surface area (Å²) in [4.78, 5) is 16.4. The highest BCUT2D eigenvalue weighted by Gasteiger charge is 2.34. The first-order valence-corrected chi connectivity index (χ1v) is 10.4. The van der Waals surface area contributed by atoms with Crippen molar-refractivity contribution < 1.29 is 17.6 Å². The Kier molecular flexibility index (Phi) is 5.56. The van der Waals surface area contributed by atoms with Crippen LogP contribution in [0.15, 0.2) is 70.3 Å². The summed E-state index contributed by atoms with van der Waals surface area (Å²) in [6, 6.07) is 18.5. The smallest absolute Gasteiger partial charge is 0.316 e. The van der Waals surface area contributed by atoms with Gasteiger partial charge in [0.05, 0.1) is 0 Å². The van der Waals surface area contributed by atoms with Crippen molar-refractivity contribution in [3.63, 3.8) is 0 Å². The molecular formula is C21H21NO4S. The van der Waals surface area contributed by atoms with Gasteiger partial charge in [0, 0.05) is 17.5 Å². The fourth-order valence-corrected chi connectivity index (χ4v) is 3.96. The quantitative estimate of drug-likeness (QED) is 0.598. The molecule has 0 aliphatic carbocycles. The molecule has 0 aliphatic heterocycles. The minimum Gasteiger partial charge on any atom is -0.427 e. The van der Waals surface area contributed by atoms with Gasteiger partial charge in [-0.05, 0) is 13.3 Å². The zero-order chi connectivity index (χ0) is 19.4. The normalized spacial score (nSPS) is 12.7. The predicted molar refractivity (Wildman–Crippen MR) is 104 cm³/mol. The summed E-state index contributed by atoms with van der Waals surface area (Å²) in [6.07, 6.45) is 0.799. The molecule has 0 saturated carbocycles. The Balaban J connectivity index is 2.13. The van der Waals surface area contributed by atoms with Crippen molar-refractivity contribution in [2.45, 2.75) is 37.2 Å². The average Bonchev–Trinajstić information content (AvgIpc) is 3.15. The van der Waals surface area contributed by atoms with E-state index in [0.29, 0.717) is 17.9 Å². The van der Waals surface area contributed by atoms with Crippen LogP contribution in [0, 0.1) is 0 Å². The van der Waals surface area contributed by atoms with E-state index >= 15 is 0 Å². The summed E-state index contributed by atoms with van der Waals surface area (Å²) in [5.41, 5.74) is 1.91. The van der Waals surface area contributed by atoms with Crippen molar-refractivity contribution in [1.82, 2.24) is 4.98 Å². The van der Waals surface area contributed by atoms with Crippen molar-refractivity contribution in [3.05, 3.63) is 60.7 Å². The van der Waals surface area contributed by atoms with Crippen LogP contribution < -0.4 is 0 Å². The number of benzene rings is 2. The topological polar surface area (TPSA) is 77.2 Å². The van der Waals surface area contributed by atoms with Crippen LogP contribution in [-0.4, -0.2) is 24.4 Å². The molecule has 2 aromatic carbocycles. The molecule has 0 N–H and O–H groups in total. The SMILES string of the molecule is CCCC(=O)C(C)S(=O)(=O)c1nc(-c2ccccc2)c(-c2ccccc2)o1. The number of carbonyl (C=O) groups excluding carboxylic acids is 1. The van der Waals surface area contributed by atoms with Crippen molar-refractivity contribution in [2.24, 2.45) is 0 Å².